The summed E-state index contributed by atoms with van der Waals surface area (Å²) in [5, 5.41) is 8.31. The topological polar surface area (TPSA) is 73.1 Å². The van der Waals surface area contributed by atoms with Crippen molar-refractivity contribution in [2.24, 2.45) is 0 Å². The molecule has 0 saturated heterocycles. The van der Waals surface area contributed by atoms with Gasteiger partial charge in [0, 0.05) is 11.4 Å². The Balaban J connectivity index is 1.73. The van der Waals surface area contributed by atoms with Crippen molar-refractivity contribution >= 4 is 32.5 Å². The van der Waals surface area contributed by atoms with Crippen LogP contribution in [0.1, 0.15) is 17.1 Å². The van der Waals surface area contributed by atoms with Gasteiger partial charge in [-0.15, -0.1) is 22.7 Å². The van der Waals surface area contributed by atoms with Crippen LogP contribution >= 0.6 is 22.7 Å². The van der Waals surface area contributed by atoms with Crippen molar-refractivity contribution in [1.82, 2.24) is 10.1 Å². The molecular formula is C13H12N2O3S3. The van der Waals surface area contributed by atoms with Crippen molar-refractivity contribution < 1.29 is 12.9 Å². The maximum atomic E-state index is 12.2. The molecule has 8 heteroatoms. The lowest BCUT2D eigenvalue weighted by molar-refractivity contribution is 0.388. The van der Waals surface area contributed by atoms with Gasteiger partial charge in [-0.3, -0.25) is 0 Å². The van der Waals surface area contributed by atoms with Gasteiger partial charge < -0.3 is 4.52 Å². The fraction of sp³-hybridized carbons (Fsp3) is 0.231. The average molecular weight is 340 g/mol. The normalized spacial score (nSPS) is 11.9. The molecule has 0 amide bonds. The Bertz CT molecular complexity index is 832. The zero-order valence-electron chi connectivity index (χ0n) is 11.1. The molecule has 3 heterocycles. The monoisotopic (exact) mass is 340 g/mol. The van der Waals surface area contributed by atoms with E-state index < -0.39 is 9.84 Å². The first-order chi connectivity index (χ1) is 10.0. The molecule has 0 aromatic carbocycles. The molecule has 0 aliphatic heterocycles. The van der Waals surface area contributed by atoms with Crippen LogP contribution in [-0.2, 0) is 21.3 Å². The van der Waals surface area contributed by atoms with Crippen molar-refractivity contribution in [2.75, 3.05) is 0 Å². The summed E-state index contributed by atoms with van der Waals surface area (Å²) in [6, 6.07) is 5.55. The number of aromatic nitrogens is 2. The van der Waals surface area contributed by atoms with E-state index >= 15 is 0 Å². The van der Waals surface area contributed by atoms with Crippen LogP contribution in [0.4, 0.5) is 0 Å². The van der Waals surface area contributed by atoms with E-state index in [2.05, 4.69) is 10.1 Å². The largest absolute Gasteiger partial charge is 0.360 e. The summed E-state index contributed by atoms with van der Waals surface area (Å²) >= 11 is 3.05. The van der Waals surface area contributed by atoms with E-state index in [4.69, 9.17) is 4.52 Å². The fourth-order valence-corrected chi connectivity index (χ4v) is 4.87. The van der Waals surface area contributed by atoms with Crippen molar-refractivity contribution in [3.05, 3.63) is 46.1 Å². The van der Waals surface area contributed by atoms with Gasteiger partial charge >= 0.3 is 0 Å². The summed E-state index contributed by atoms with van der Waals surface area (Å²) in [7, 11) is -3.32. The average Bonchev–Trinajstić information content (AvgIpc) is 3.09. The summed E-state index contributed by atoms with van der Waals surface area (Å²) in [6.45, 7) is 1.76. The molecule has 0 N–H and O–H groups in total. The molecule has 0 spiro atoms. The van der Waals surface area contributed by atoms with Gasteiger partial charge in [0.25, 0.3) is 0 Å². The number of hydrogen-bond acceptors (Lipinski definition) is 7. The predicted molar refractivity (Wildman–Crippen MR) is 83.0 cm³/mol. The molecule has 3 aromatic rings. The van der Waals surface area contributed by atoms with Crippen LogP contribution in [0.3, 0.4) is 0 Å². The van der Waals surface area contributed by atoms with E-state index in [0.29, 0.717) is 17.1 Å². The van der Waals surface area contributed by atoms with Crippen molar-refractivity contribution in [3.8, 4) is 9.88 Å². The van der Waals surface area contributed by atoms with Crippen LogP contribution in [0.25, 0.3) is 9.88 Å². The maximum absolute atomic E-state index is 12.2. The highest BCUT2D eigenvalue weighted by atomic mass is 32.2. The van der Waals surface area contributed by atoms with Crippen LogP contribution in [0, 0.1) is 6.92 Å². The first kappa shape index (κ1) is 14.4. The Morgan fingerprint density at radius 2 is 2.14 bits per heavy atom. The molecule has 0 aliphatic carbocycles. The van der Waals surface area contributed by atoms with Gasteiger partial charge in [0.15, 0.2) is 15.6 Å². The molecule has 110 valence electrons. The highest BCUT2D eigenvalue weighted by Gasteiger charge is 2.18. The van der Waals surface area contributed by atoms with Gasteiger partial charge in [-0.1, -0.05) is 11.2 Å². The Morgan fingerprint density at radius 1 is 1.29 bits per heavy atom. The van der Waals surface area contributed by atoms with E-state index in [9.17, 15) is 8.42 Å². The third-order valence-corrected chi connectivity index (χ3v) is 6.08. The molecule has 0 radical (unpaired) electrons. The summed E-state index contributed by atoms with van der Waals surface area (Å²) in [6.07, 6.45) is 0. The fourth-order valence-electron chi connectivity index (χ4n) is 1.86. The number of rotatable bonds is 5. The van der Waals surface area contributed by atoms with E-state index in [1.165, 1.54) is 11.3 Å². The molecule has 0 fully saturated rings. The Morgan fingerprint density at radius 3 is 2.81 bits per heavy atom. The number of aryl methyl sites for hydroxylation is 1. The molecule has 0 saturated carbocycles. The Labute approximate surface area is 130 Å². The summed E-state index contributed by atoms with van der Waals surface area (Å²) < 4.78 is 29.3. The van der Waals surface area contributed by atoms with E-state index in [1.807, 2.05) is 17.5 Å². The standard InChI is InChI=1S/C13H12N2O3S3/c1-9-5-11(18-15-9)8-21(16,17)7-10-6-20-13(14-10)12-3-2-4-19-12/h2-6H,7-8H2,1H3. The van der Waals surface area contributed by atoms with Crippen LogP contribution in [0.5, 0.6) is 0 Å². The quantitative estimate of drug-likeness (QED) is 0.712. The molecule has 0 aliphatic rings. The molecule has 0 unspecified atom stereocenters. The first-order valence-electron chi connectivity index (χ1n) is 6.13. The lowest BCUT2D eigenvalue weighted by Crippen LogP contribution is -2.07. The molecule has 3 rings (SSSR count). The SMILES string of the molecule is Cc1cc(CS(=O)(=O)Cc2csc(-c3cccs3)n2)on1. The minimum Gasteiger partial charge on any atom is -0.360 e. The Hall–Kier alpha value is -1.51. The smallest absolute Gasteiger partial charge is 0.163 e. The molecule has 3 aromatic heterocycles. The lowest BCUT2D eigenvalue weighted by Gasteiger charge is -1.98. The van der Waals surface area contributed by atoms with Gasteiger partial charge in [0.1, 0.15) is 10.8 Å². The highest BCUT2D eigenvalue weighted by Crippen LogP contribution is 2.28. The number of nitrogens with zero attached hydrogens (tertiary/aromatic N) is 2. The van der Waals surface area contributed by atoms with Gasteiger partial charge in [0.05, 0.1) is 22.0 Å². The van der Waals surface area contributed by atoms with Gasteiger partial charge in [-0.2, -0.15) is 0 Å². The van der Waals surface area contributed by atoms with Crippen molar-refractivity contribution in [3.63, 3.8) is 0 Å². The second-order valence-corrected chi connectivity index (χ2v) is 8.46. The Kier molecular flexibility index (Phi) is 3.92. The van der Waals surface area contributed by atoms with Crippen LogP contribution in [0.2, 0.25) is 0 Å². The summed E-state index contributed by atoms with van der Waals surface area (Å²) in [4.78, 5) is 5.44. The molecule has 21 heavy (non-hydrogen) atoms. The maximum Gasteiger partial charge on any atom is 0.163 e. The summed E-state index contributed by atoms with van der Waals surface area (Å²) in [5.41, 5.74) is 1.24. The third kappa shape index (κ3) is 3.58. The number of thiophene rings is 1. The van der Waals surface area contributed by atoms with E-state index in [1.54, 1.807) is 29.7 Å². The number of thiazole rings is 1. The number of sulfone groups is 1. The lowest BCUT2D eigenvalue weighted by atomic mass is 10.4. The molecule has 5 nitrogen and oxygen atoms in total. The number of hydrogen-bond donors (Lipinski definition) is 0. The van der Waals surface area contributed by atoms with Crippen molar-refractivity contribution in [2.45, 2.75) is 18.4 Å². The second kappa shape index (κ2) is 5.70. The second-order valence-electron chi connectivity index (χ2n) is 4.59. The van der Waals surface area contributed by atoms with E-state index in [0.717, 1.165) is 9.88 Å². The minimum atomic E-state index is -3.32. The van der Waals surface area contributed by atoms with Gasteiger partial charge in [0.2, 0.25) is 0 Å². The van der Waals surface area contributed by atoms with Gasteiger partial charge in [-0.25, -0.2) is 13.4 Å². The summed E-state index contributed by atoms with van der Waals surface area (Å²) in [5.74, 6) is 0.120. The first-order valence-corrected chi connectivity index (χ1v) is 9.71. The zero-order chi connectivity index (χ0) is 14.9. The van der Waals surface area contributed by atoms with Crippen LogP contribution in [-0.4, -0.2) is 18.6 Å². The molecule has 0 atom stereocenters. The zero-order valence-corrected chi connectivity index (χ0v) is 13.6. The third-order valence-electron chi connectivity index (χ3n) is 2.69. The highest BCUT2D eigenvalue weighted by molar-refractivity contribution is 7.89. The van der Waals surface area contributed by atoms with Gasteiger partial charge in [-0.05, 0) is 18.4 Å². The minimum absolute atomic E-state index is 0.0887. The molecular weight excluding hydrogens is 328 g/mol. The van der Waals surface area contributed by atoms with Crippen LogP contribution in [0.15, 0.2) is 33.5 Å². The predicted octanol–water partition coefficient (Wildman–Crippen LogP) is 3.28. The van der Waals surface area contributed by atoms with Crippen LogP contribution < -0.4 is 0 Å². The van der Waals surface area contributed by atoms with Crippen molar-refractivity contribution in [1.29, 1.82) is 0 Å². The molecule has 0 bridgehead atoms. The van der Waals surface area contributed by atoms with E-state index in [-0.39, 0.29) is 11.5 Å².